The molecule has 0 aliphatic heterocycles. The molecule has 42 heavy (non-hydrogen) atoms. The molecule has 2 amide bonds. The highest BCUT2D eigenvalue weighted by atomic mass is 32.2. The fourth-order valence-electron chi connectivity index (χ4n) is 4.48. The van der Waals surface area contributed by atoms with Gasteiger partial charge in [-0.1, -0.05) is 44.2 Å². The Morgan fingerprint density at radius 1 is 0.857 bits per heavy atom. The van der Waals surface area contributed by atoms with Crippen molar-refractivity contribution in [1.29, 1.82) is 0 Å². The van der Waals surface area contributed by atoms with Crippen molar-refractivity contribution in [2.75, 3.05) is 38.7 Å². The predicted molar refractivity (Wildman–Crippen MR) is 161 cm³/mol. The lowest BCUT2D eigenvalue weighted by atomic mass is 10.1. The second-order valence-corrected chi connectivity index (χ2v) is 11.3. The van der Waals surface area contributed by atoms with Gasteiger partial charge in [0.15, 0.2) is 0 Å². The monoisotopic (exact) mass is 597 g/mol. The number of rotatable bonds is 15. The Morgan fingerprint density at radius 2 is 1.55 bits per heavy atom. The maximum Gasteiger partial charge on any atom is 0.264 e. The summed E-state index contributed by atoms with van der Waals surface area (Å²) in [5.41, 5.74) is 0.847. The Hall–Kier alpha value is -4.25. The van der Waals surface area contributed by atoms with Gasteiger partial charge in [-0.3, -0.25) is 13.9 Å². The molecule has 1 N–H and O–H groups in total. The summed E-state index contributed by atoms with van der Waals surface area (Å²) in [5, 5.41) is 2.88. The minimum absolute atomic E-state index is 0.00486. The molecule has 0 unspecified atom stereocenters. The van der Waals surface area contributed by atoms with Crippen LogP contribution in [-0.2, 0) is 26.2 Å². The van der Waals surface area contributed by atoms with Crippen molar-refractivity contribution < 1.29 is 32.2 Å². The lowest BCUT2D eigenvalue weighted by Gasteiger charge is -2.33. The third-order valence-corrected chi connectivity index (χ3v) is 8.46. The molecule has 226 valence electrons. The van der Waals surface area contributed by atoms with E-state index in [1.807, 2.05) is 19.9 Å². The molecule has 3 rings (SSSR count). The molecule has 0 saturated carbocycles. The number of nitrogens with zero attached hydrogens (tertiary/aromatic N) is 2. The van der Waals surface area contributed by atoms with Crippen molar-refractivity contribution in [1.82, 2.24) is 10.2 Å². The number of nitrogens with one attached hydrogen (secondary N) is 1. The molecule has 0 aromatic heterocycles. The lowest BCUT2D eigenvalue weighted by Crippen LogP contribution is -2.52. The predicted octanol–water partition coefficient (Wildman–Crippen LogP) is 4.24. The number of hydrogen-bond acceptors (Lipinski definition) is 7. The Labute approximate surface area is 248 Å². The van der Waals surface area contributed by atoms with E-state index in [4.69, 9.17) is 14.2 Å². The SMILES string of the molecule is CCCNC(=O)[C@@H](CC)N(Cc1cccc(OC)c1)C(=O)CN(c1cc(OC)ccc1OC)S(=O)(=O)c1ccccc1. The van der Waals surface area contributed by atoms with Crippen LogP contribution >= 0.6 is 0 Å². The summed E-state index contributed by atoms with van der Waals surface area (Å²) in [7, 11) is 0.163. The van der Waals surface area contributed by atoms with E-state index < -0.39 is 28.5 Å². The zero-order valence-corrected chi connectivity index (χ0v) is 25.5. The summed E-state index contributed by atoms with van der Waals surface area (Å²) in [6.45, 7) is 3.66. The number of carbonyl (C=O) groups is 2. The molecule has 0 bridgehead atoms. The van der Waals surface area contributed by atoms with E-state index in [-0.39, 0.29) is 28.8 Å². The number of benzene rings is 3. The number of methoxy groups -OCH3 is 3. The Balaban J connectivity index is 2.13. The quantitative estimate of drug-likeness (QED) is 0.279. The van der Waals surface area contributed by atoms with Crippen LogP contribution in [0.1, 0.15) is 32.3 Å². The van der Waals surface area contributed by atoms with Crippen molar-refractivity contribution in [3.05, 3.63) is 78.4 Å². The van der Waals surface area contributed by atoms with Gasteiger partial charge < -0.3 is 24.4 Å². The van der Waals surface area contributed by atoms with Crippen LogP contribution in [0.3, 0.4) is 0 Å². The van der Waals surface area contributed by atoms with Crippen molar-refractivity contribution in [3.8, 4) is 17.2 Å². The number of ether oxygens (including phenoxy) is 3. The van der Waals surface area contributed by atoms with Gasteiger partial charge in [0.2, 0.25) is 11.8 Å². The van der Waals surface area contributed by atoms with Crippen LogP contribution in [0.4, 0.5) is 5.69 Å². The molecular weight excluding hydrogens is 558 g/mol. The van der Waals surface area contributed by atoms with Crippen LogP contribution in [0, 0.1) is 0 Å². The molecule has 3 aromatic rings. The van der Waals surface area contributed by atoms with Crippen molar-refractivity contribution >= 4 is 27.5 Å². The number of anilines is 1. The van der Waals surface area contributed by atoms with Crippen molar-refractivity contribution in [2.45, 2.75) is 44.2 Å². The summed E-state index contributed by atoms with van der Waals surface area (Å²) in [4.78, 5) is 28.9. The van der Waals surface area contributed by atoms with Gasteiger partial charge >= 0.3 is 0 Å². The summed E-state index contributed by atoms with van der Waals surface area (Å²) >= 11 is 0. The average molecular weight is 598 g/mol. The van der Waals surface area contributed by atoms with Gasteiger partial charge in [-0.05, 0) is 54.8 Å². The highest BCUT2D eigenvalue weighted by molar-refractivity contribution is 7.92. The van der Waals surface area contributed by atoms with E-state index in [0.29, 0.717) is 24.5 Å². The van der Waals surface area contributed by atoms with Crippen LogP contribution < -0.4 is 23.8 Å². The average Bonchev–Trinajstić information content (AvgIpc) is 3.02. The van der Waals surface area contributed by atoms with Gasteiger partial charge in [-0.2, -0.15) is 0 Å². The van der Waals surface area contributed by atoms with Crippen LogP contribution in [0.5, 0.6) is 17.2 Å². The first kappa shape index (κ1) is 32.3. The number of sulfonamides is 1. The van der Waals surface area contributed by atoms with Gasteiger partial charge in [0.05, 0.1) is 31.9 Å². The van der Waals surface area contributed by atoms with Crippen LogP contribution in [0.2, 0.25) is 0 Å². The Morgan fingerprint density at radius 3 is 2.17 bits per heavy atom. The topological polar surface area (TPSA) is 114 Å². The normalized spacial score (nSPS) is 11.7. The van der Waals surface area contributed by atoms with Crippen LogP contribution in [-0.4, -0.2) is 65.6 Å². The standard InChI is InChI=1S/C31H39N3O7S/c1-6-18-32-31(36)27(7-2)33(21-23-12-11-13-24(19-23)39-3)30(35)22-34(42(37,38)26-14-9-8-10-15-26)28-20-25(40-4)16-17-29(28)41-5/h8-17,19-20,27H,6-7,18,21-22H2,1-5H3,(H,32,36)/t27-/m1/s1. The largest absolute Gasteiger partial charge is 0.497 e. The first-order valence-corrected chi connectivity index (χ1v) is 15.1. The van der Waals surface area contributed by atoms with Gasteiger partial charge in [-0.25, -0.2) is 8.42 Å². The van der Waals surface area contributed by atoms with E-state index in [1.54, 1.807) is 55.6 Å². The van der Waals surface area contributed by atoms with E-state index in [2.05, 4.69) is 5.32 Å². The van der Waals surface area contributed by atoms with E-state index >= 15 is 0 Å². The van der Waals surface area contributed by atoms with Crippen molar-refractivity contribution in [2.24, 2.45) is 0 Å². The maximum atomic E-state index is 14.2. The molecule has 0 aliphatic rings. The molecule has 10 nitrogen and oxygen atoms in total. The Kier molecular flexibility index (Phi) is 11.6. The summed E-state index contributed by atoms with van der Waals surface area (Å²) < 4.78 is 45.4. The minimum atomic E-state index is -4.26. The molecule has 0 aliphatic carbocycles. The molecule has 11 heteroatoms. The third-order valence-electron chi connectivity index (χ3n) is 6.69. The summed E-state index contributed by atoms with van der Waals surface area (Å²) in [5.74, 6) is 0.325. The molecule has 0 heterocycles. The van der Waals surface area contributed by atoms with Crippen molar-refractivity contribution in [3.63, 3.8) is 0 Å². The highest BCUT2D eigenvalue weighted by Crippen LogP contribution is 2.36. The smallest absolute Gasteiger partial charge is 0.264 e. The van der Waals surface area contributed by atoms with Gasteiger partial charge in [0.25, 0.3) is 10.0 Å². The van der Waals surface area contributed by atoms with Gasteiger partial charge in [0, 0.05) is 19.2 Å². The summed E-state index contributed by atoms with van der Waals surface area (Å²) in [6, 6.07) is 18.9. The van der Waals surface area contributed by atoms with Gasteiger partial charge in [0.1, 0.15) is 29.8 Å². The zero-order chi connectivity index (χ0) is 30.7. The zero-order valence-electron chi connectivity index (χ0n) is 24.7. The second-order valence-electron chi connectivity index (χ2n) is 9.45. The second kappa shape index (κ2) is 15.1. The molecule has 0 radical (unpaired) electrons. The molecule has 1 atom stereocenters. The molecule has 0 spiro atoms. The van der Waals surface area contributed by atoms with Gasteiger partial charge in [-0.15, -0.1) is 0 Å². The van der Waals surface area contributed by atoms with E-state index in [9.17, 15) is 18.0 Å². The van der Waals surface area contributed by atoms with Crippen LogP contribution in [0.15, 0.2) is 77.7 Å². The maximum absolute atomic E-state index is 14.2. The summed E-state index contributed by atoms with van der Waals surface area (Å²) in [6.07, 6.45) is 1.05. The number of amides is 2. The minimum Gasteiger partial charge on any atom is -0.497 e. The lowest BCUT2D eigenvalue weighted by molar-refractivity contribution is -0.140. The van der Waals surface area contributed by atoms with E-state index in [1.165, 1.54) is 37.3 Å². The molecule has 3 aromatic carbocycles. The molecule has 0 fully saturated rings. The highest BCUT2D eigenvalue weighted by Gasteiger charge is 2.35. The first-order valence-electron chi connectivity index (χ1n) is 13.7. The number of hydrogen-bond donors (Lipinski definition) is 1. The Bertz CT molecular complexity index is 1450. The number of carbonyl (C=O) groups excluding carboxylic acids is 2. The van der Waals surface area contributed by atoms with Crippen LogP contribution in [0.25, 0.3) is 0 Å². The fourth-order valence-corrected chi connectivity index (χ4v) is 5.92. The fraction of sp³-hybridized carbons (Fsp3) is 0.355. The molecule has 0 saturated heterocycles. The third kappa shape index (κ3) is 7.73. The molecular formula is C31H39N3O7S. The first-order chi connectivity index (χ1) is 20.2. The van der Waals surface area contributed by atoms with E-state index in [0.717, 1.165) is 16.3 Å².